The molecule has 0 aromatic heterocycles. The first-order valence-electron chi connectivity index (χ1n) is 12.3. The molecule has 6 aromatic carbocycles. The Morgan fingerprint density at radius 2 is 0.605 bits per heavy atom. The van der Waals surface area contributed by atoms with Gasteiger partial charge in [0.05, 0.1) is 17.9 Å². The molecule has 10 heteroatoms. The van der Waals surface area contributed by atoms with Crippen molar-refractivity contribution in [1.82, 2.24) is 0 Å². The number of carbonyl (C=O) groups excluding carboxylic acids is 3. The molecule has 0 radical (unpaired) electrons. The number of carboxylic acids is 3. The maximum atomic E-state index is 10.8. The minimum absolute atomic E-state index is 0. The quantitative estimate of drug-likeness (QED) is 0.219. The van der Waals surface area contributed by atoms with Crippen molar-refractivity contribution in [2.75, 3.05) is 0 Å². The molecule has 0 amide bonds. The third kappa shape index (κ3) is 7.91. The third-order valence-electron chi connectivity index (χ3n) is 6.22. The van der Waals surface area contributed by atoms with Gasteiger partial charge in [0, 0.05) is 46.3 Å². The number of hydrogen-bond donors (Lipinski definition) is 0. The van der Waals surface area contributed by atoms with Crippen LogP contribution in [0.2, 0.25) is 0 Å². The van der Waals surface area contributed by atoms with Gasteiger partial charge in [0.1, 0.15) is 0 Å². The molecule has 0 fully saturated rings. The molecule has 0 atom stereocenters. The second-order valence-corrected chi connectivity index (χ2v) is 11.4. The summed E-state index contributed by atoms with van der Waals surface area (Å²) < 4.78 is 2.32. The van der Waals surface area contributed by atoms with Gasteiger partial charge in [-0.05, 0) is 34.4 Å². The van der Waals surface area contributed by atoms with Crippen LogP contribution < -0.4 is 15.3 Å². The Morgan fingerprint density at radius 1 is 0.395 bits per heavy atom. The monoisotopic (exact) mass is 774 g/mol. The summed E-state index contributed by atoms with van der Waals surface area (Å²) in [4.78, 5) is 32.5. The van der Waals surface area contributed by atoms with Gasteiger partial charge in [0.25, 0.3) is 0 Å². The fourth-order valence-electron chi connectivity index (χ4n) is 4.40. The molecule has 0 spiro atoms. The molecule has 0 saturated carbocycles. The predicted molar refractivity (Wildman–Crippen MR) is 174 cm³/mol. The predicted octanol–water partition coefficient (Wildman–Crippen LogP) is 5.52. The maximum Gasteiger partial charge on any atom is 3.00 e. The summed E-state index contributed by atoms with van der Waals surface area (Å²) in [6, 6.07) is 32.0. The molecule has 0 N–H and O–H groups in total. The molecule has 6 aromatic rings. The van der Waals surface area contributed by atoms with Crippen molar-refractivity contribution < 1.29 is 29.7 Å². The summed E-state index contributed by atoms with van der Waals surface area (Å²) in [5, 5.41) is 37.2. The van der Waals surface area contributed by atoms with Crippen molar-refractivity contribution in [2.45, 2.75) is 0 Å². The zero-order valence-corrected chi connectivity index (χ0v) is 28.0. The first-order chi connectivity index (χ1) is 20.1. The fraction of sp³-hybridized carbons (Fsp3) is 0. The van der Waals surface area contributed by atoms with Crippen LogP contribution in [0.1, 0.15) is 31.1 Å². The number of rotatable bonds is 3. The van der Waals surface area contributed by atoms with E-state index >= 15 is 0 Å². The van der Waals surface area contributed by atoms with Crippen molar-refractivity contribution >= 4 is 115 Å². The Morgan fingerprint density at radius 3 is 0.814 bits per heavy atom. The molecular formula is C33H18AlBr3O6. The van der Waals surface area contributed by atoms with Crippen molar-refractivity contribution in [3.8, 4) is 0 Å². The second kappa shape index (κ2) is 15.3. The molecule has 0 aliphatic carbocycles. The molecule has 0 unspecified atom stereocenters. The number of carboxylic acid groups (broad SMARTS) is 3. The molecule has 43 heavy (non-hydrogen) atoms. The van der Waals surface area contributed by atoms with Gasteiger partial charge >= 0.3 is 17.4 Å². The summed E-state index contributed by atoms with van der Waals surface area (Å²) >= 11 is 9.97. The zero-order valence-electron chi connectivity index (χ0n) is 22.1. The standard InChI is InChI=1S/3C11H7BrO2.Al/c3*12-9-6-2-4-7-3-1-5-8(10(7)9)11(13)14;/h3*1-6H,(H,13,14);/q;;;+3/p-3. The molecule has 0 aliphatic heterocycles. The van der Waals surface area contributed by atoms with E-state index < -0.39 is 17.9 Å². The molecule has 0 aliphatic rings. The van der Waals surface area contributed by atoms with Crippen LogP contribution in [0.4, 0.5) is 0 Å². The van der Waals surface area contributed by atoms with Crippen molar-refractivity contribution in [1.29, 1.82) is 0 Å². The van der Waals surface area contributed by atoms with E-state index in [0.29, 0.717) is 16.2 Å². The topological polar surface area (TPSA) is 120 Å². The Kier molecular flexibility index (Phi) is 12.1. The Bertz CT molecular complexity index is 1730. The summed E-state index contributed by atoms with van der Waals surface area (Å²) in [7, 11) is 0. The van der Waals surface area contributed by atoms with Gasteiger partial charge in [0.2, 0.25) is 0 Å². The van der Waals surface area contributed by atoms with E-state index in [1.165, 1.54) is 0 Å². The van der Waals surface area contributed by atoms with E-state index in [0.717, 1.165) is 29.6 Å². The summed E-state index contributed by atoms with van der Waals surface area (Å²) in [5.41, 5.74) is 0.653. The number of benzene rings is 6. The molecule has 0 heterocycles. The van der Waals surface area contributed by atoms with Crippen LogP contribution in [-0.4, -0.2) is 35.3 Å². The van der Waals surface area contributed by atoms with Gasteiger partial charge in [-0.3, -0.25) is 0 Å². The van der Waals surface area contributed by atoms with Crippen LogP contribution in [-0.2, 0) is 0 Å². The van der Waals surface area contributed by atoms with Crippen molar-refractivity contribution in [2.24, 2.45) is 0 Å². The van der Waals surface area contributed by atoms with Crippen LogP contribution in [0.25, 0.3) is 32.3 Å². The van der Waals surface area contributed by atoms with E-state index in [1.807, 2.05) is 72.8 Å². The third-order valence-corrected chi connectivity index (χ3v) is 8.20. The van der Waals surface area contributed by atoms with E-state index in [9.17, 15) is 29.7 Å². The van der Waals surface area contributed by atoms with Gasteiger partial charge in [-0.25, -0.2) is 0 Å². The van der Waals surface area contributed by atoms with Crippen LogP contribution in [0.15, 0.2) is 123 Å². The van der Waals surface area contributed by atoms with E-state index in [1.54, 1.807) is 36.4 Å². The van der Waals surface area contributed by atoms with Crippen LogP contribution in [0.5, 0.6) is 0 Å². The normalized spacial score (nSPS) is 10.1. The Hall–Kier alpha value is -3.52. The minimum Gasteiger partial charge on any atom is -0.545 e. The van der Waals surface area contributed by atoms with E-state index in [2.05, 4.69) is 47.8 Å². The fourth-order valence-corrected chi connectivity index (χ4v) is 6.18. The van der Waals surface area contributed by atoms with Crippen LogP contribution in [0.3, 0.4) is 0 Å². The molecule has 0 saturated heterocycles. The first kappa shape index (κ1) is 34.0. The van der Waals surface area contributed by atoms with Gasteiger partial charge in [-0.1, -0.05) is 139 Å². The van der Waals surface area contributed by atoms with Gasteiger partial charge in [0.15, 0.2) is 0 Å². The number of carbonyl (C=O) groups is 3. The second-order valence-electron chi connectivity index (χ2n) is 8.79. The largest absolute Gasteiger partial charge is 3.00 e. The van der Waals surface area contributed by atoms with Crippen LogP contribution >= 0.6 is 47.8 Å². The van der Waals surface area contributed by atoms with Gasteiger partial charge in [-0.15, -0.1) is 0 Å². The van der Waals surface area contributed by atoms with E-state index in [-0.39, 0.29) is 34.1 Å². The Labute approximate surface area is 282 Å². The van der Waals surface area contributed by atoms with Crippen molar-refractivity contribution in [3.63, 3.8) is 0 Å². The molecule has 210 valence electrons. The first-order valence-corrected chi connectivity index (χ1v) is 14.6. The molecule has 6 nitrogen and oxygen atoms in total. The number of hydrogen-bond acceptors (Lipinski definition) is 6. The van der Waals surface area contributed by atoms with Crippen molar-refractivity contribution in [3.05, 3.63) is 139 Å². The average Bonchev–Trinajstić information content (AvgIpc) is 2.97. The SMILES string of the molecule is O=C([O-])c1cccc2cccc(Br)c12.O=C([O-])c1cccc2cccc(Br)c12.O=C([O-])c1cccc2cccc(Br)c12.[Al+3]. The zero-order chi connectivity index (χ0) is 30.4. The molecule has 0 bridgehead atoms. The number of aromatic carboxylic acids is 3. The minimum atomic E-state index is -1.15. The van der Waals surface area contributed by atoms with E-state index in [4.69, 9.17) is 0 Å². The number of fused-ring (bicyclic) bond motifs is 3. The summed E-state index contributed by atoms with van der Waals surface area (Å²) in [6.45, 7) is 0. The van der Waals surface area contributed by atoms with Gasteiger partial charge in [-0.2, -0.15) is 0 Å². The Balaban J connectivity index is 0.000000175. The summed E-state index contributed by atoms with van der Waals surface area (Å²) in [5.74, 6) is -3.45. The maximum absolute atomic E-state index is 10.8. The van der Waals surface area contributed by atoms with Crippen LogP contribution in [0, 0.1) is 0 Å². The van der Waals surface area contributed by atoms with Gasteiger partial charge < -0.3 is 29.7 Å². The number of halogens is 3. The molecule has 6 rings (SSSR count). The summed E-state index contributed by atoms with van der Waals surface area (Å²) in [6.07, 6.45) is 0. The smallest absolute Gasteiger partial charge is 0.545 e. The average molecular weight is 777 g/mol. The molecular weight excluding hydrogens is 759 g/mol.